The molecule has 0 atom stereocenters. The zero-order valence-corrected chi connectivity index (χ0v) is 12.3. The fraction of sp³-hybridized carbons (Fsp3) is 0.286. The third-order valence-corrected chi connectivity index (χ3v) is 4.43. The average Bonchev–Trinajstić information content (AvgIpc) is 3.02. The Hall–Kier alpha value is -2.12. The van der Waals surface area contributed by atoms with Crippen LogP contribution in [-0.4, -0.2) is 20.4 Å². The lowest BCUT2D eigenvalue weighted by atomic mass is 10.3. The minimum absolute atomic E-state index is 0.547. The molecular weight excluding hydrogens is 284 g/mol. The van der Waals surface area contributed by atoms with Crippen molar-refractivity contribution in [2.45, 2.75) is 25.4 Å². The second-order valence-electron chi connectivity index (χ2n) is 5.24. The number of hydrazine groups is 1. The Bertz CT molecular complexity index is 746. The minimum Gasteiger partial charge on any atom is -0.346 e. The molecule has 0 radical (unpaired) electrons. The summed E-state index contributed by atoms with van der Waals surface area (Å²) in [4.78, 5) is 11.4. The predicted octanol–water partition coefficient (Wildman–Crippen LogP) is 2.25. The molecule has 1 aliphatic carbocycles. The molecule has 0 bridgehead atoms. The van der Waals surface area contributed by atoms with E-state index < -0.39 is 0 Å². The average molecular weight is 300 g/mol. The maximum atomic E-state index is 5.54. The molecule has 0 amide bonds. The van der Waals surface area contributed by atoms with Gasteiger partial charge < -0.3 is 14.7 Å². The predicted molar refractivity (Wildman–Crippen MR) is 84.3 cm³/mol. The number of hydrogen-bond acceptors (Lipinski definition) is 6. The van der Waals surface area contributed by atoms with Crippen LogP contribution in [-0.2, 0) is 6.54 Å². The highest BCUT2D eigenvalue weighted by Crippen LogP contribution is 2.34. The third kappa shape index (κ3) is 2.34. The topological polar surface area (TPSA) is 71.5 Å². The lowest BCUT2D eigenvalue weighted by Crippen LogP contribution is -2.27. The first-order valence-corrected chi connectivity index (χ1v) is 7.87. The summed E-state index contributed by atoms with van der Waals surface area (Å²) in [7, 11) is 0. The van der Waals surface area contributed by atoms with Gasteiger partial charge in [-0.05, 0) is 35.2 Å². The van der Waals surface area contributed by atoms with Gasteiger partial charge >= 0.3 is 0 Å². The van der Waals surface area contributed by atoms with Crippen molar-refractivity contribution in [1.29, 1.82) is 0 Å². The molecule has 1 fully saturated rings. The molecule has 3 aromatic rings. The fourth-order valence-corrected chi connectivity index (χ4v) is 3.18. The van der Waals surface area contributed by atoms with Gasteiger partial charge in [0, 0.05) is 25.0 Å². The van der Waals surface area contributed by atoms with Crippen molar-refractivity contribution in [2.75, 3.05) is 10.3 Å². The van der Waals surface area contributed by atoms with E-state index in [1.165, 1.54) is 18.4 Å². The number of aromatic nitrogens is 3. The van der Waals surface area contributed by atoms with E-state index in [1.807, 2.05) is 16.8 Å². The van der Waals surface area contributed by atoms with Gasteiger partial charge in [0.05, 0.1) is 6.20 Å². The van der Waals surface area contributed by atoms with Crippen LogP contribution in [0.3, 0.4) is 0 Å². The largest absolute Gasteiger partial charge is 0.346 e. The SMILES string of the molecule is NNc1cn2ccnc2c(N(Cc2ccsc2)C2CC2)n1. The zero-order chi connectivity index (χ0) is 14.2. The highest BCUT2D eigenvalue weighted by Gasteiger charge is 2.32. The van der Waals surface area contributed by atoms with Crippen LogP contribution in [0.1, 0.15) is 18.4 Å². The molecule has 3 aromatic heterocycles. The number of nitrogen functional groups attached to an aromatic ring is 1. The van der Waals surface area contributed by atoms with E-state index in [2.05, 4.69) is 37.1 Å². The number of fused-ring (bicyclic) bond motifs is 1. The van der Waals surface area contributed by atoms with Gasteiger partial charge in [-0.15, -0.1) is 0 Å². The molecule has 0 unspecified atom stereocenters. The summed E-state index contributed by atoms with van der Waals surface area (Å²) in [5, 5.41) is 4.29. The van der Waals surface area contributed by atoms with Crippen molar-refractivity contribution in [1.82, 2.24) is 14.4 Å². The van der Waals surface area contributed by atoms with Crippen LogP contribution in [0.25, 0.3) is 5.65 Å². The van der Waals surface area contributed by atoms with Crippen LogP contribution >= 0.6 is 11.3 Å². The van der Waals surface area contributed by atoms with Crippen LogP contribution in [0, 0.1) is 0 Å². The number of nitrogens with two attached hydrogens (primary N) is 1. The number of rotatable bonds is 5. The summed E-state index contributed by atoms with van der Waals surface area (Å²) >= 11 is 1.72. The molecule has 3 heterocycles. The number of hydrogen-bond donors (Lipinski definition) is 2. The molecule has 0 aromatic carbocycles. The zero-order valence-electron chi connectivity index (χ0n) is 11.4. The van der Waals surface area contributed by atoms with Crippen LogP contribution < -0.4 is 16.2 Å². The van der Waals surface area contributed by atoms with Crippen LogP contribution in [0.2, 0.25) is 0 Å². The number of anilines is 2. The van der Waals surface area contributed by atoms with Gasteiger partial charge in [-0.1, -0.05) is 0 Å². The molecule has 0 spiro atoms. The maximum absolute atomic E-state index is 5.54. The summed E-state index contributed by atoms with van der Waals surface area (Å²) in [6, 6.07) is 2.71. The smallest absolute Gasteiger partial charge is 0.180 e. The van der Waals surface area contributed by atoms with Gasteiger partial charge in [0.2, 0.25) is 0 Å². The van der Waals surface area contributed by atoms with Crippen molar-refractivity contribution in [3.05, 3.63) is 41.0 Å². The fourth-order valence-electron chi connectivity index (χ4n) is 2.52. The summed E-state index contributed by atoms with van der Waals surface area (Å²) in [6.07, 6.45) is 7.97. The maximum Gasteiger partial charge on any atom is 0.180 e. The van der Waals surface area contributed by atoms with Crippen molar-refractivity contribution in [3.8, 4) is 0 Å². The molecule has 4 rings (SSSR count). The Morgan fingerprint density at radius 3 is 3.10 bits per heavy atom. The molecule has 1 aliphatic rings. The Kier molecular flexibility index (Phi) is 3.01. The Labute approximate surface area is 126 Å². The normalized spacial score (nSPS) is 14.5. The number of imidazole rings is 1. The molecule has 0 saturated heterocycles. The summed E-state index contributed by atoms with van der Waals surface area (Å²) in [6.45, 7) is 0.859. The highest BCUT2D eigenvalue weighted by molar-refractivity contribution is 7.07. The van der Waals surface area contributed by atoms with Crippen LogP contribution in [0.15, 0.2) is 35.4 Å². The van der Waals surface area contributed by atoms with Crippen molar-refractivity contribution in [3.63, 3.8) is 0 Å². The summed E-state index contributed by atoms with van der Waals surface area (Å²) in [5.41, 5.74) is 4.82. The van der Waals surface area contributed by atoms with E-state index in [-0.39, 0.29) is 0 Å². The van der Waals surface area contributed by atoms with Crippen LogP contribution in [0.4, 0.5) is 11.6 Å². The molecule has 1 saturated carbocycles. The van der Waals surface area contributed by atoms with E-state index in [0.717, 1.165) is 18.0 Å². The molecule has 7 heteroatoms. The van der Waals surface area contributed by atoms with Crippen LogP contribution in [0.5, 0.6) is 0 Å². The second kappa shape index (κ2) is 5.01. The number of thiophene rings is 1. The quantitative estimate of drug-likeness (QED) is 0.558. The van der Waals surface area contributed by atoms with Gasteiger partial charge in [-0.3, -0.25) is 0 Å². The highest BCUT2D eigenvalue weighted by atomic mass is 32.1. The van der Waals surface area contributed by atoms with E-state index in [0.29, 0.717) is 11.9 Å². The van der Waals surface area contributed by atoms with E-state index in [4.69, 9.17) is 5.84 Å². The lowest BCUT2D eigenvalue weighted by molar-refractivity contribution is 0.779. The third-order valence-electron chi connectivity index (χ3n) is 3.70. The monoisotopic (exact) mass is 300 g/mol. The minimum atomic E-state index is 0.547. The Morgan fingerprint density at radius 2 is 2.38 bits per heavy atom. The van der Waals surface area contributed by atoms with Gasteiger partial charge in [0.1, 0.15) is 0 Å². The molecule has 0 aliphatic heterocycles. The standard InChI is InChI=1S/C14H16N6S/c15-18-12-8-19-5-4-16-13(19)14(17-12)20(11-1-2-11)7-10-3-6-21-9-10/h3-6,8-9,11,18H,1-2,7,15H2. The Balaban J connectivity index is 1.79. The van der Waals surface area contributed by atoms with Gasteiger partial charge in [0.25, 0.3) is 0 Å². The molecule has 108 valence electrons. The summed E-state index contributed by atoms with van der Waals surface area (Å²) in [5.74, 6) is 7.08. The van der Waals surface area contributed by atoms with E-state index in [1.54, 1.807) is 17.5 Å². The van der Waals surface area contributed by atoms with Gasteiger partial charge in [-0.2, -0.15) is 11.3 Å². The summed E-state index contributed by atoms with van der Waals surface area (Å²) < 4.78 is 1.96. The number of nitrogens with one attached hydrogen (secondary N) is 1. The van der Waals surface area contributed by atoms with E-state index in [9.17, 15) is 0 Å². The van der Waals surface area contributed by atoms with E-state index >= 15 is 0 Å². The van der Waals surface area contributed by atoms with Gasteiger partial charge in [-0.25, -0.2) is 15.8 Å². The molecule has 6 nitrogen and oxygen atoms in total. The molecule has 21 heavy (non-hydrogen) atoms. The second-order valence-corrected chi connectivity index (χ2v) is 6.02. The van der Waals surface area contributed by atoms with Crippen molar-refractivity contribution >= 4 is 28.6 Å². The first-order valence-electron chi connectivity index (χ1n) is 6.93. The lowest BCUT2D eigenvalue weighted by Gasteiger charge is -2.24. The van der Waals surface area contributed by atoms with Crippen molar-refractivity contribution < 1.29 is 0 Å². The number of nitrogens with zero attached hydrogens (tertiary/aromatic N) is 4. The van der Waals surface area contributed by atoms with Gasteiger partial charge in [0.15, 0.2) is 17.3 Å². The first kappa shape index (κ1) is 12.6. The molecule has 3 N–H and O–H groups in total. The first-order chi connectivity index (χ1) is 10.3. The Morgan fingerprint density at radius 1 is 1.48 bits per heavy atom. The van der Waals surface area contributed by atoms with Crippen molar-refractivity contribution in [2.24, 2.45) is 5.84 Å². The molecular formula is C14H16N6S.